The first-order valence-corrected chi connectivity index (χ1v) is 8.65. The SMILES string of the molecule is CNCC1(CN2CCCC(CCO)C2)CCC(C)CC1. The van der Waals surface area contributed by atoms with Gasteiger partial charge in [-0.15, -0.1) is 0 Å². The molecule has 0 aromatic carbocycles. The third-order valence-corrected chi connectivity index (χ3v) is 5.59. The van der Waals surface area contributed by atoms with Crippen molar-refractivity contribution in [3.05, 3.63) is 0 Å². The first-order chi connectivity index (χ1) is 9.67. The van der Waals surface area contributed by atoms with Crippen molar-refractivity contribution in [2.75, 3.05) is 39.8 Å². The maximum Gasteiger partial charge on any atom is 0.0434 e. The zero-order valence-electron chi connectivity index (χ0n) is 13.5. The van der Waals surface area contributed by atoms with E-state index in [1.165, 1.54) is 64.7 Å². The number of nitrogens with one attached hydrogen (secondary N) is 1. The number of likely N-dealkylation sites (tertiary alicyclic amines) is 1. The van der Waals surface area contributed by atoms with Gasteiger partial charge in [0.1, 0.15) is 0 Å². The summed E-state index contributed by atoms with van der Waals surface area (Å²) in [5.41, 5.74) is 0.502. The maximum atomic E-state index is 9.16. The van der Waals surface area contributed by atoms with Gasteiger partial charge in [0, 0.05) is 26.2 Å². The van der Waals surface area contributed by atoms with Gasteiger partial charge in [-0.1, -0.05) is 19.8 Å². The summed E-state index contributed by atoms with van der Waals surface area (Å²) >= 11 is 0. The molecule has 0 spiro atoms. The molecule has 2 fully saturated rings. The molecule has 3 heteroatoms. The zero-order valence-corrected chi connectivity index (χ0v) is 13.5. The van der Waals surface area contributed by atoms with Gasteiger partial charge in [-0.25, -0.2) is 0 Å². The highest BCUT2D eigenvalue weighted by Crippen LogP contribution is 2.39. The molecule has 0 aromatic heterocycles. The van der Waals surface area contributed by atoms with Gasteiger partial charge in [0.15, 0.2) is 0 Å². The molecule has 2 N–H and O–H groups in total. The van der Waals surface area contributed by atoms with E-state index in [-0.39, 0.29) is 0 Å². The largest absolute Gasteiger partial charge is 0.396 e. The lowest BCUT2D eigenvalue weighted by molar-refractivity contribution is 0.0584. The highest BCUT2D eigenvalue weighted by molar-refractivity contribution is 4.90. The van der Waals surface area contributed by atoms with E-state index in [9.17, 15) is 0 Å². The predicted molar refractivity (Wildman–Crippen MR) is 84.9 cm³/mol. The third-order valence-electron chi connectivity index (χ3n) is 5.59. The van der Waals surface area contributed by atoms with Crippen molar-refractivity contribution < 1.29 is 5.11 Å². The first-order valence-electron chi connectivity index (χ1n) is 8.65. The zero-order chi connectivity index (χ0) is 14.4. The van der Waals surface area contributed by atoms with E-state index in [1.807, 2.05) is 0 Å². The van der Waals surface area contributed by atoms with E-state index < -0.39 is 0 Å². The number of hydrogen-bond acceptors (Lipinski definition) is 3. The summed E-state index contributed by atoms with van der Waals surface area (Å²) < 4.78 is 0. The molecule has 3 nitrogen and oxygen atoms in total. The van der Waals surface area contributed by atoms with Crippen LogP contribution in [0.2, 0.25) is 0 Å². The van der Waals surface area contributed by atoms with Crippen molar-refractivity contribution in [3.8, 4) is 0 Å². The highest BCUT2D eigenvalue weighted by atomic mass is 16.3. The molecule has 1 heterocycles. The van der Waals surface area contributed by atoms with Crippen LogP contribution in [0.3, 0.4) is 0 Å². The smallest absolute Gasteiger partial charge is 0.0434 e. The Morgan fingerprint density at radius 1 is 1.25 bits per heavy atom. The summed E-state index contributed by atoms with van der Waals surface area (Å²) in [6, 6.07) is 0. The molecule has 0 bridgehead atoms. The predicted octanol–water partition coefficient (Wildman–Crippen LogP) is 2.50. The minimum atomic E-state index is 0.359. The quantitative estimate of drug-likeness (QED) is 0.786. The van der Waals surface area contributed by atoms with Crippen molar-refractivity contribution >= 4 is 0 Å². The summed E-state index contributed by atoms with van der Waals surface area (Å²) in [5.74, 6) is 1.64. The molecular weight excluding hydrogens is 248 g/mol. The lowest BCUT2D eigenvalue weighted by Crippen LogP contribution is -2.48. The third kappa shape index (κ3) is 4.44. The minimum Gasteiger partial charge on any atom is -0.396 e. The number of nitrogens with zero attached hydrogens (tertiary/aromatic N) is 1. The van der Waals surface area contributed by atoms with Gasteiger partial charge in [-0.3, -0.25) is 0 Å². The number of piperidine rings is 1. The van der Waals surface area contributed by atoms with Gasteiger partial charge in [0.2, 0.25) is 0 Å². The van der Waals surface area contributed by atoms with Crippen LogP contribution in [-0.2, 0) is 0 Å². The van der Waals surface area contributed by atoms with Gasteiger partial charge in [0.25, 0.3) is 0 Å². The van der Waals surface area contributed by atoms with Gasteiger partial charge in [0.05, 0.1) is 0 Å². The molecule has 1 atom stereocenters. The van der Waals surface area contributed by atoms with E-state index in [0.717, 1.165) is 18.3 Å². The number of hydrogen-bond donors (Lipinski definition) is 2. The van der Waals surface area contributed by atoms with Crippen LogP contribution in [0.1, 0.15) is 51.9 Å². The van der Waals surface area contributed by atoms with Crippen LogP contribution >= 0.6 is 0 Å². The van der Waals surface area contributed by atoms with Crippen LogP contribution in [0.15, 0.2) is 0 Å². The Morgan fingerprint density at radius 3 is 2.65 bits per heavy atom. The van der Waals surface area contributed by atoms with Crippen LogP contribution < -0.4 is 5.32 Å². The molecule has 1 aliphatic carbocycles. The maximum absolute atomic E-state index is 9.16. The molecule has 1 saturated carbocycles. The average Bonchev–Trinajstić information content (AvgIpc) is 2.43. The van der Waals surface area contributed by atoms with E-state index in [1.54, 1.807) is 0 Å². The summed E-state index contributed by atoms with van der Waals surface area (Å²) in [6.45, 7) is 7.67. The van der Waals surface area contributed by atoms with E-state index in [4.69, 9.17) is 5.11 Å². The molecule has 20 heavy (non-hydrogen) atoms. The Hall–Kier alpha value is -0.120. The van der Waals surface area contributed by atoms with Crippen LogP contribution in [0.25, 0.3) is 0 Å². The molecule has 2 rings (SSSR count). The van der Waals surface area contributed by atoms with Crippen molar-refractivity contribution in [2.24, 2.45) is 17.3 Å². The van der Waals surface area contributed by atoms with Crippen molar-refractivity contribution in [1.82, 2.24) is 10.2 Å². The fourth-order valence-electron chi connectivity index (χ4n) is 4.33. The van der Waals surface area contributed by atoms with Crippen LogP contribution in [0, 0.1) is 17.3 Å². The fraction of sp³-hybridized carbons (Fsp3) is 1.00. The number of aliphatic hydroxyl groups excluding tert-OH is 1. The van der Waals surface area contributed by atoms with Gasteiger partial charge < -0.3 is 15.3 Å². The number of aliphatic hydroxyl groups is 1. The Morgan fingerprint density at radius 2 is 2.00 bits per heavy atom. The number of rotatable bonds is 6. The molecular formula is C17H34N2O. The summed E-state index contributed by atoms with van der Waals surface area (Å²) in [5, 5.41) is 12.6. The van der Waals surface area contributed by atoms with Gasteiger partial charge in [-0.2, -0.15) is 0 Å². The Bertz CT molecular complexity index is 272. The average molecular weight is 282 g/mol. The summed E-state index contributed by atoms with van der Waals surface area (Å²) in [7, 11) is 2.10. The Balaban J connectivity index is 1.90. The standard InChI is InChI=1S/C17H34N2O/c1-15-5-8-17(9-6-15,13-18-2)14-19-10-3-4-16(12-19)7-11-20/h15-16,18,20H,3-14H2,1-2H3. The molecule has 1 unspecified atom stereocenters. The molecule has 0 amide bonds. The minimum absolute atomic E-state index is 0.359. The summed E-state index contributed by atoms with van der Waals surface area (Å²) in [6.07, 6.45) is 9.19. The Labute approximate surface area is 125 Å². The Kier molecular flexibility index (Phi) is 6.31. The van der Waals surface area contributed by atoms with E-state index >= 15 is 0 Å². The topological polar surface area (TPSA) is 35.5 Å². The van der Waals surface area contributed by atoms with Crippen molar-refractivity contribution in [2.45, 2.75) is 51.9 Å². The van der Waals surface area contributed by atoms with Crippen LogP contribution in [-0.4, -0.2) is 49.8 Å². The monoisotopic (exact) mass is 282 g/mol. The first kappa shape index (κ1) is 16.3. The van der Waals surface area contributed by atoms with Gasteiger partial charge >= 0.3 is 0 Å². The fourth-order valence-corrected chi connectivity index (χ4v) is 4.33. The molecule has 118 valence electrons. The van der Waals surface area contributed by atoms with Crippen LogP contribution in [0.5, 0.6) is 0 Å². The summed E-state index contributed by atoms with van der Waals surface area (Å²) in [4.78, 5) is 2.69. The second-order valence-electron chi connectivity index (χ2n) is 7.47. The second-order valence-corrected chi connectivity index (χ2v) is 7.47. The van der Waals surface area contributed by atoms with Crippen LogP contribution in [0.4, 0.5) is 0 Å². The molecule has 0 radical (unpaired) electrons. The normalized spacial score (nSPS) is 36.1. The second kappa shape index (κ2) is 7.77. The van der Waals surface area contributed by atoms with Crippen molar-refractivity contribution in [1.29, 1.82) is 0 Å². The van der Waals surface area contributed by atoms with E-state index in [0.29, 0.717) is 12.0 Å². The lowest BCUT2D eigenvalue weighted by atomic mass is 9.70. The lowest BCUT2D eigenvalue weighted by Gasteiger charge is -2.45. The molecule has 1 aliphatic heterocycles. The molecule has 1 saturated heterocycles. The molecule has 0 aromatic rings. The van der Waals surface area contributed by atoms with Crippen molar-refractivity contribution in [3.63, 3.8) is 0 Å². The van der Waals surface area contributed by atoms with E-state index in [2.05, 4.69) is 24.2 Å². The highest BCUT2D eigenvalue weighted by Gasteiger charge is 2.36. The van der Waals surface area contributed by atoms with Gasteiger partial charge in [-0.05, 0) is 62.9 Å². The molecule has 2 aliphatic rings.